The van der Waals surface area contributed by atoms with Gasteiger partial charge in [0, 0.05) is 0 Å². The lowest BCUT2D eigenvalue weighted by Gasteiger charge is -2.07. The van der Waals surface area contributed by atoms with Gasteiger partial charge in [0.1, 0.15) is 11.5 Å². The number of nitrogens with zero attached hydrogens (tertiary/aromatic N) is 3. The zero-order valence-corrected chi connectivity index (χ0v) is 19.9. The lowest BCUT2D eigenvalue weighted by atomic mass is 10.2. The third-order valence-electron chi connectivity index (χ3n) is 5.17. The van der Waals surface area contributed by atoms with E-state index in [1.165, 1.54) is 15.9 Å². The van der Waals surface area contributed by atoms with E-state index in [4.69, 9.17) is 14.2 Å². The number of para-hydroxylation sites is 1. The van der Waals surface area contributed by atoms with Crippen molar-refractivity contribution >= 4 is 34.5 Å². The molecule has 0 bridgehead atoms. The average Bonchev–Trinajstić information content (AvgIpc) is 3.41. The Hall–Kier alpha value is -4.43. The first-order valence-corrected chi connectivity index (χ1v) is 11.6. The standard InChI is InChI=1S/C27H21N3O4S/c1-32-22-13-11-18(16-23(22)33-2)12-14-25-28-27-30(29-25)26(31)24(35-27)17-19-7-6-10-21(15-19)34-20-8-4-3-5-9-20/h3-17H,1-2H3/b14-12+,24-17-. The average molecular weight is 484 g/mol. The van der Waals surface area contributed by atoms with Gasteiger partial charge in [-0.25, -0.2) is 0 Å². The monoisotopic (exact) mass is 483 g/mol. The molecule has 0 spiro atoms. The van der Waals surface area contributed by atoms with Crippen LogP contribution in [0.25, 0.3) is 23.2 Å². The Balaban J connectivity index is 1.39. The van der Waals surface area contributed by atoms with E-state index >= 15 is 0 Å². The van der Waals surface area contributed by atoms with Crippen molar-refractivity contribution in [3.8, 4) is 23.0 Å². The molecule has 3 aromatic carbocycles. The maximum atomic E-state index is 12.9. The molecule has 0 saturated heterocycles. The molecular weight excluding hydrogens is 462 g/mol. The molecule has 0 aliphatic carbocycles. The molecule has 0 aliphatic rings. The molecule has 0 amide bonds. The van der Waals surface area contributed by atoms with Crippen LogP contribution >= 0.6 is 11.3 Å². The summed E-state index contributed by atoms with van der Waals surface area (Å²) >= 11 is 1.29. The minimum Gasteiger partial charge on any atom is -0.493 e. The van der Waals surface area contributed by atoms with Crippen LogP contribution in [0.1, 0.15) is 17.0 Å². The number of fused-ring (bicyclic) bond motifs is 1. The van der Waals surface area contributed by atoms with Gasteiger partial charge in [0.2, 0.25) is 4.96 Å². The lowest BCUT2D eigenvalue weighted by Crippen LogP contribution is -2.23. The molecule has 5 rings (SSSR count). The van der Waals surface area contributed by atoms with E-state index in [1.807, 2.05) is 84.9 Å². The van der Waals surface area contributed by atoms with Crippen molar-refractivity contribution in [3.63, 3.8) is 0 Å². The first kappa shape index (κ1) is 22.4. The van der Waals surface area contributed by atoms with Gasteiger partial charge in [0.25, 0.3) is 5.56 Å². The number of methoxy groups -OCH3 is 2. The van der Waals surface area contributed by atoms with Crippen LogP contribution in [0.3, 0.4) is 0 Å². The van der Waals surface area contributed by atoms with E-state index in [9.17, 15) is 4.79 Å². The smallest absolute Gasteiger partial charge is 0.291 e. The zero-order valence-electron chi connectivity index (χ0n) is 19.0. The van der Waals surface area contributed by atoms with Crippen molar-refractivity contribution in [1.82, 2.24) is 14.6 Å². The van der Waals surface area contributed by atoms with Gasteiger partial charge in [-0.3, -0.25) is 4.79 Å². The second-order valence-corrected chi connectivity index (χ2v) is 8.52. The Morgan fingerprint density at radius 1 is 0.829 bits per heavy atom. The van der Waals surface area contributed by atoms with Crippen LogP contribution in [-0.2, 0) is 0 Å². The van der Waals surface area contributed by atoms with Gasteiger partial charge in [-0.1, -0.05) is 53.8 Å². The highest BCUT2D eigenvalue weighted by atomic mass is 32.1. The third-order valence-corrected chi connectivity index (χ3v) is 6.12. The van der Waals surface area contributed by atoms with Crippen molar-refractivity contribution in [2.75, 3.05) is 14.2 Å². The van der Waals surface area contributed by atoms with Crippen LogP contribution < -0.4 is 24.3 Å². The van der Waals surface area contributed by atoms with Crippen LogP contribution in [0, 0.1) is 0 Å². The molecule has 0 saturated carbocycles. The van der Waals surface area contributed by atoms with Crippen molar-refractivity contribution in [2.24, 2.45) is 0 Å². The first-order valence-electron chi connectivity index (χ1n) is 10.8. The Kier molecular flexibility index (Phi) is 6.28. The maximum Gasteiger partial charge on any atom is 0.291 e. The second kappa shape index (κ2) is 9.82. The van der Waals surface area contributed by atoms with Gasteiger partial charge in [0.05, 0.1) is 18.8 Å². The predicted molar refractivity (Wildman–Crippen MR) is 137 cm³/mol. The number of benzene rings is 3. The maximum absolute atomic E-state index is 12.9. The normalized spacial score (nSPS) is 11.9. The summed E-state index contributed by atoms with van der Waals surface area (Å²) in [4.78, 5) is 17.9. The summed E-state index contributed by atoms with van der Waals surface area (Å²) in [6, 6.07) is 22.7. The summed E-state index contributed by atoms with van der Waals surface area (Å²) in [5, 5.41) is 4.36. The highest BCUT2D eigenvalue weighted by Crippen LogP contribution is 2.28. The first-order chi connectivity index (χ1) is 17.1. The lowest BCUT2D eigenvalue weighted by molar-refractivity contribution is 0.355. The number of ether oxygens (including phenoxy) is 3. The summed E-state index contributed by atoms with van der Waals surface area (Å²) in [5.41, 5.74) is 1.54. The molecule has 0 atom stereocenters. The Morgan fingerprint density at radius 2 is 1.63 bits per heavy atom. The number of aromatic nitrogens is 3. The number of hydrogen-bond acceptors (Lipinski definition) is 7. The van der Waals surface area contributed by atoms with Gasteiger partial charge in [0.15, 0.2) is 17.3 Å². The summed E-state index contributed by atoms with van der Waals surface area (Å²) < 4.78 is 18.4. The van der Waals surface area contributed by atoms with Gasteiger partial charge >= 0.3 is 0 Å². The Labute approximate surface area is 205 Å². The SMILES string of the molecule is COc1ccc(/C=C/c2nc3s/c(=C\c4cccc(Oc5ccccc5)c4)c(=O)n3n2)cc1OC. The molecule has 0 unspecified atom stereocenters. The Bertz CT molecular complexity index is 1620. The summed E-state index contributed by atoms with van der Waals surface area (Å²) in [6.45, 7) is 0. The van der Waals surface area contributed by atoms with Crippen LogP contribution in [0.15, 0.2) is 77.6 Å². The van der Waals surface area contributed by atoms with E-state index in [1.54, 1.807) is 20.3 Å². The van der Waals surface area contributed by atoms with Crippen LogP contribution in [-0.4, -0.2) is 28.8 Å². The van der Waals surface area contributed by atoms with E-state index in [2.05, 4.69) is 10.1 Å². The fourth-order valence-corrected chi connectivity index (χ4v) is 4.41. The molecule has 0 N–H and O–H groups in total. The number of rotatable bonds is 7. The summed E-state index contributed by atoms with van der Waals surface area (Å²) in [6.07, 6.45) is 5.44. The molecule has 35 heavy (non-hydrogen) atoms. The molecule has 8 heteroatoms. The summed E-state index contributed by atoms with van der Waals surface area (Å²) in [5.74, 6) is 3.19. The van der Waals surface area contributed by atoms with Crippen LogP contribution in [0.2, 0.25) is 0 Å². The van der Waals surface area contributed by atoms with E-state index in [0.29, 0.717) is 32.6 Å². The van der Waals surface area contributed by atoms with Crippen molar-refractivity contribution in [1.29, 1.82) is 0 Å². The van der Waals surface area contributed by atoms with Gasteiger partial charge < -0.3 is 14.2 Å². The predicted octanol–water partition coefficient (Wildman–Crippen LogP) is 4.68. The van der Waals surface area contributed by atoms with Crippen LogP contribution in [0.5, 0.6) is 23.0 Å². The molecule has 0 radical (unpaired) electrons. The highest BCUT2D eigenvalue weighted by Gasteiger charge is 2.09. The molecule has 0 aliphatic heterocycles. The zero-order chi connectivity index (χ0) is 24.2. The fraction of sp³-hybridized carbons (Fsp3) is 0.0741. The van der Waals surface area contributed by atoms with E-state index < -0.39 is 0 Å². The fourth-order valence-electron chi connectivity index (χ4n) is 3.49. The van der Waals surface area contributed by atoms with Crippen molar-refractivity contribution in [3.05, 3.63) is 105 Å². The van der Waals surface area contributed by atoms with Crippen LogP contribution in [0.4, 0.5) is 0 Å². The molecule has 7 nitrogen and oxygen atoms in total. The number of hydrogen-bond donors (Lipinski definition) is 0. The van der Waals surface area contributed by atoms with Crippen molar-refractivity contribution in [2.45, 2.75) is 0 Å². The minimum absolute atomic E-state index is 0.211. The number of thiazole rings is 1. The molecule has 174 valence electrons. The highest BCUT2D eigenvalue weighted by molar-refractivity contribution is 7.15. The molecule has 0 fully saturated rings. The van der Waals surface area contributed by atoms with Gasteiger partial charge in [-0.2, -0.15) is 9.50 Å². The minimum atomic E-state index is -0.211. The third kappa shape index (κ3) is 4.92. The van der Waals surface area contributed by atoms with E-state index in [0.717, 1.165) is 16.9 Å². The van der Waals surface area contributed by atoms with E-state index in [-0.39, 0.29) is 5.56 Å². The Morgan fingerprint density at radius 3 is 2.40 bits per heavy atom. The molecule has 2 aromatic heterocycles. The quantitative estimate of drug-likeness (QED) is 0.335. The van der Waals surface area contributed by atoms with Gasteiger partial charge in [-0.15, -0.1) is 5.10 Å². The molecule has 2 heterocycles. The van der Waals surface area contributed by atoms with Crippen molar-refractivity contribution < 1.29 is 14.2 Å². The largest absolute Gasteiger partial charge is 0.493 e. The topological polar surface area (TPSA) is 75.0 Å². The second-order valence-electron chi connectivity index (χ2n) is 7.52. The molecule has 5 aromatic rings. The molecular formula is C27H21N3O4S. The summed E-state index contributed by atoms with van der Waals surface area (Å²) in [7, 11) is 3.18. The van der Waals surface area contributed by atoms with Gasteiger partial charge in [-0.05, 0) is 59.7 Å².